The number of benzene rings is 1. The van der Waals surface area contributed by atoms with Gasteiger partial charge in [-0.3, -0.25) is 0 Å². The van der Waals surface area contributed by atoms with Crippen LogP contribution in [0.2, 0.25) is 5.02 Å². The Bertz CT molecular complexity index is 618. The third-order valence-electron chi connectivity index (χ3n) is 3.07. The Morgan fingerprint density at radius 3 is 2.63 bits per heavy atom. The van der Waals surface area contributed by atoms with Gasteiger partial charge in [0.1, 0.15) is 6.07 Å². The standard InChI is InChI=1S/C13H15ClN2O2S/c1-2-7-16(11-4-5-11)19(17,18)12-6-3-10(9-15)13(14)8-12/h3,6,8,11H,2,4-5,7H2,1H3. The summed E-state index contributed by atoms with van der Waals surface area (Å²) in [5.41, 5.74) is 0.286. The van der Waals surface area contributed by atoms with E-state index in [1.807, 2.05) is 13.0 Å². The van der Waals surface area contributed by atoms with Gasteiger partial charge >= 0.3 is 0 Å². The van der Waals surface area contributed by atoms with Crippen molar-refractivity contribution in [2.75, 3.05) is 6.54 Å². The van der Waals surface area contributed by atoms with Gasteiger partial charge < -0.3 is 0 Å². The van der Waals surface area contributed by atoms with Crippen molar-refractivity contribution in [1.82, 2.24) is 4.31 Å². The molecule has 0 heterocycles. The summed E-state index contributed by atoms with van der Waals surface area (Å²) in [6.07, 6.45) is 2.62. The van der Waals surface area contributed by atoms with Crippen LogP contribution in [0.15, 0.2) is 23.1 Å². The minimum absolute atomic E-state index is 0.124. The van der Waals surface area contributed by atoms with Crippen LogP contribution in [0.3, 0.4) is 0 Å². The molecule has 0 amide bonds. The van der Waals surface area contributed by atoms with E-state index in [4.69, 9.17) is 16.9 Å². The van der Waals surface area contributed by atoms with E-state index in [9.17, 15) is 8.42 Å². The number of rotatable bonds is 5. The van der Waals surface area contributed by atoms with Gasteiger partial charge in [0, 0.05) is 12.6 Å². The van der Waals surface area contributed by atoms with Crippen LogP contribution in [0.5, 0.6) is 0 Å². The molecule has 1 fully saturated rings. The number of halogens is 1. The van der Waals surface area contributed by atoms with E-state index in [-0.39, 0.29) is 21.5 Å². The van der Waals surface area contributed by atoms with Gasteiger partial charge in [0.15, 0.2) is 0 Å². The van der Waals surface area contributed by atoms with Gasteiger partial charge in [-0.25, -0.2) is 8.42 Å². The molecule has 0 spiro atoms. The fourth-order valence-electron chi connectivity index (χ4n) is 1.96. The highest BCUT2D eigenvalue weighted by atomic mass is 35.5. The summed E-state index contributed by atoms with van der Waals surface area (Å²) in [7, 11) is -3.51. The maximum absolute atomic E-state index is 12.5. The number of nitriles is 1. The first-order chi connectivity index (χ1) is 9.00. The molecule has 0 bridgehead atoms. The Morgan fingerprint density at radius 1 is 1.47 bits per heavy atom. The van der Waals surface area contributed by atoms with Crippen LogP contribution in [-0.2, 0) is 10.0 Å². The van der Waals surface area contributed by atoms with E-state index in [1.165, 1.54) is 18.2 Å². The van der Waals surface area contributed by atoms with Crippen LogP contribution >= 0.6 is 11.6 Å². The van der Waals surface area contributed by atoms with Crippen molar-refractivity contribution in [3.63, 3.8) is 0 Å². The van der Waals surface area contributed by atoms with E-state index >= 15 is 0 Å². The Balaban J connectivity index is 2.38. The summed E-state index contributed by atoms with van der Waals surface area (Å²) in [5.74, 6) is 0. The van der Waals surface area contributed by atoms with E-state index in [1.54, 1.807) is 4.31 Å². The van der Waals surface area contributed by atoms with Crippen molar-refractivity contribution in [3.05, 3.63) is 28.8 Å². The zero-order valence-electron chi connectivity index (χ0n) is 10.6. The van der Waals surface area contributed by atoms with Gasteiger partial charge in [0.25, 0.3) is 0 Å². The average Bonchev–Trinajstić information content (AvgIpc) is 3.19. The van der Waals surface area contributed by atoms with Gasteiger partial charge in [-0.15, -0.1) is 0 Å². The highest BCUT2D eigenvalue weighted by Crippen LogP contribution is 2.33. The van der Waals surface area contributed by atoms with Gasteiger partial charge in [-0.2, -0.15) is 9.57 Å². The first-order valence-corrected chi connectivity index (χ1v) is 8.04. The van der Waals surface area contributed by atoms with E-state index in [0.29, 0.717) is 6.54 Å². The predicted molar refractivity (Wildman–Crippen MR) is 73.4 cm³/mol. The van der Waals surface area contributed by atoms with Gasteiger partial charge in [-0.05, 0) is 37.5 Å². The fraction of sp³-hybridized carbons (Fsp3) is 0.462. The molecule has 1 aliphatic rings. The number of sulfonamides is 1. The molecule has 1 aromatic rings. The van der Waals surface area contributed by atoms with Crippen molar-refractivity contribution in [3.8, 4) is 6.07 Å². The number of hydrogen-bond acceptors (Lipinski definition) is 3. The first kappa shape index (κ1) is 14.3. The second-order valence-electron chi connectivity index (χ2n) is 4.60. The largest absolute Gasteiger partial charge is 0.243 e. The molecule has 0 unspecified atom stereocenters. The molecule has 0 N–H and O–H groups in total. The normalized spacial score (nSPS) is 15.5. The van der Waals surface area contributed by atoms with Crippen molar-refractivity contribution in [1.29, 1.82) is 5.26 Å². The monoisotopic (exact) mass is 298 g/mol. The molecule has 19 heavy (non-hydrogen) atoms. The second-order valence-corrected chi connectivity index (χ2v) is 6.90. The van der Waals surface area contributed by atoms with Crippen LogP contribution in [0.4, 0.5) is 0 Å². The Kier molecular flexibility index (Phi) is 4.14. The molecule has 0 aliphatic heterocycles. The molecule has 1 aliphatic carbocycles. The lowest BCUT2D eigenvalue weighted by Crippen LogP contribution is -2.33. The Morgan fingerprint density at radius 2 is 2.16 bits per heavy atom. The maximum atomic E-state index is 12.5. The molecule has 0 aromatic heterocycles. The lowest BCUT2D eigenvalue weighted by Gasteiger charge is -2.21. The summed E-state index contributed by atoms with van der Waals surface area (Å²) in [6, 6.07) is 6.31. The maximum Gasteiger partial charge on any atom is 0.243 e. The fourth-order valence-corrected chi connectivity index (χ4v) is 4.06. The number of nitrogens with zero attached hydrogens (tertiary/aromatic N) is 2. The molecule has 2 rings (SSSR count). The summed E-state index contributed by atoms with van der Waals surface area (Å²) < 4.78 is 26.6. The first-order valence-electron chi connectivity index (χ1n) is 6.22. The molecule has 4 nitrogen and oxygen atoms in total. The Labute approximate surface area is 118 Å². The summed E-state index contributed by atoms with van der Waals surface area (Å²) in [6.45, 7) is 2.47. The zero-order valence-corrected chi connectivity index (χ0v) is 12.2. The van der Waals surface area contributed by atoms with E-state index in [0.717, 1.165) is 19.3 Å². The zero-order chi connectivity index (χ0) is 14.0. The van der Waals surface area contributed by atoms with E-state index in [2.05, 4.69) is 0 Å². The summed E-state index contributed by atoms with van der Waals surface area (Å²) in [5, 5.41) is 8.99. The summed E-state index contributed by atoms with van der Waals surface area (Å²) in [4.78, 5) is 0.164. The quantitative estimate of drug-likeness (QED) is 0.840. The third kappa shape index (κ3) is 2.92. The van der Waals surface area contributed by atoms with Gasteiger partial charge in [0.05, 0.1) is 15.5 Å². The van der Waals surface area contributed by atoms with Crippen molar-refractivity contribution < 1.29 is 8.42 Å². The molecule has 1 aromatic carbocycles. The van der Waals surface area contributed by atoms with Crippen LogP contribution < -0.4 is 0 Å². The minimum atomic E-state index is -3.51. The topological polar surface area (TPSA) is 61.2 Å². The highest BCUT2D eigenvalue weighted by molar-refractivity contribution is 7.89. The van der Waals surface area contributed by atoms with Crippen molar-refractivity contribution >= 4 is 21.6 Å². The molecular weight excluding hydrogens is 284 g/mol. The third-order valence-corrected chi connectivity index (χ3v) is 5.33. The summed E-state index contributed by atoms with van der Waals surface area (Å²) >= 11 is 5.91. The predicted octanol–water partition coefficient (Wildman–Crippen LogP) is 2.77. The molecule has 0 atom stereocenters. The smallest absolute Gasteiger partial charge is 0.207 e. The minimum Gasteiger partial charge on any atom is -0.207 e. The van der Waals surface area contributed by atoms with E-state index < -0.39 is 10.0 Å². The number of hydrogen-bond donors (Lipinski definition) is 0. The lowest BCUT2D eigenvalue weighted by atomic mass is 10.2. The molecule has 6 heteroatoms. The van der Waals surface area contributed by atoms with Crippen LogP contribution in [0.25, 0.3) is 0 Å². The molecule has 102 valence electrons. The Hall–Kier alpha value is -1.09. The second kappa shape index (κ2) is 5.49. The molecule has 0 radical (unpaired) electrons. The highest BCUT2D eigenvalue weighted by Gasteiger charge is 2.37. The van der Waals surface area contributed by atoms with Crippen LogP contribution in [-0.4, -0.2) is 25.3 Å². The van der Waals surface area contributed by atoms with Crippen molar-refractivity contribution in [2.45, 2.75) is 37.1 Å². The molecule has 1 saturated carbocycles. The lowest BCUT2D eigenvalue weighted by molar-refractivity contribution is 0.403. The van der Waals surface area contributed by atoms with Gasteiger partial charge in [0.2, 0.25) is 10.0 Å². The van der Waals surface area contributed by atoms with Crippen LogP contribution in [0.1, 0.15) is 31.7 Å². The molecule has 0 saturated heterocycles. The SMILES string of the molecule is CCCN(C1CC1)S(=O)(=O)c1ccc(C#N)c(Cl)c1. The van der Waals surface area contributed by atoms with Crippen LogP contribution in [0, 0.1) is 11.3 Å². The van der Waals surface area contributed by atoms with Crippen molar-refractivity contribution in [2.24, 2.45) is 0 Å². The average molecular weight is 299 g/mol. The molecular formula is C13H15ClN2O2S. The van der Waals surface area contributed by atoms with Gasteiger partial charge in [-0.1, -0.05) is 18.5 Å².